The second-order valence-corrected chi connectivity index (χ2v) is 8.01. The van der Waals surface area contributed by atoms with Crippen molar-refractivity contribution >= 4 is 18.0 Å². The number of hydrogen-bond acceptors (Lipinski definition) is 6. The van der Waals surface area contributed by atoms with E-state index in [9.17, 15) is 14.4 Å². The molecule has 34 heavy (non-hydrogen) atoms. The van der Waals surface area contributed by atoms with Crippen LogP contribution in [0.2, 0.25) is 0 Å². The van der Waals surface area contributed by atoms with Crippen LogP contribution < -0.4 is 10.6 Å². The standard InChI is InChI=1S/C25H25N3O6/c1-2-7-21(23(29)26-13-15-12-22(24(30)31)28-34-15)27-25(32)33-14-20-18-10-5-3-8-16(18)17-9-4-6-11-19(17)20/h3-6,8-12,20-21H,2,7,13-14H2,1H3,(H,26,29)(H,27,32)(H,30,31)/t21-/m0/s1. The van der Waals surface area contributed by atoms with E-state index in [-0.39, 0.29) is 30.5 Å². The predicted molar refractivity (Wildman–Crippen MR) is 122 cm³/mol. The van der Waals surface area contributed by atoms with Crippen molar-refractivity contribution in [2.75, 3.05) is 6.61 Å². The molecule has 2 amide bonds. The van der Waals surface area contributed by atoms with Crippen LogP contribution in [0.4, 0.5) is 4.79 Å². The maximum absolute atomic E-state index is 12.6. The Balaban J connectivity index is 1.35. The Hall–Kier alpha value is -4.14. The molecule has 0 aliphatic heterocycles. The van der Waals surface area contributed by atoms with Gasteiger partial charge in [-0.1, -0.05) is 67.0 Å². The van der Waals surface area contributed by atoms with Crippen molar-refractivity contribution in [1.29, 1.82) is 0 Å². The summed E-state index contributed by atoms with van der Waals surface area (Å²) in [5.74, 6) is -1.53. The molecule has 0 fully saturated rings. The number of rotatable bonds is 9. The highest BCUT2D eigenvalue weighted by atomic mass is 16.5. The van der Waals surface area contributed by atoms with Crippen molar-refractivity contribution in [3.63, 3.8) is 0 Å². The third-order valence-electron chi connectivity index (χ3n) is 5.74. The number of ether oxygens (including phenoxy) is 1. The summed E-state index contributed by atoms with van der Waals surface area (Å²) in [7, 11) is 0. The molecule has 0 saturated carbocycles. The smallest absolute Gasteiger partial charge is 0.407 e. The lowest BCUT2D eigenvalue weighted by molar-refractivity contribution is -0.123. The highest BCUT2D eigenvalue weighted by Gasteiger charge is 2.29. The van der Waals surface area contributed by atoms with Gasteiger partial charge < -0.3 is 25.0 Å². The summed E-state index contributed by atoms with van der Waals surface area (Å²) in [6.45, 7) is 2.00. The molecule has 0 unspecified atom stereocenters. The number of fused-ring (bicyclic) bond motifs is 3. The van der Waals surface area contributed by atoms with E-state index >= 15 is 0 Å². The van der Waals surface area contributed by atoms with Gasteiger partial charge in [-0.2, -0.15) is 0 Å². The molecule has 1 heterocycles. The molecular weight excluding hydrogens is 438 g/mol. The molecule has 3 N–H and O–H groups in total. The molecule has 1 atom stereocenters. The van der Waals surface area contributed by atoms with Gasteiger partial charge in [0.15, 0.2) is 11.5 Å². The van der Waals surface area contributed by atoms with E-state index < -0.39 is 24.0 Å². The van der Waals surface area contributed by atoms with Gasteiger partial charge in [0.05, 0.1) is 6.54 Å². The Morgan fingerprint density at radius 3 is 2.32 bits per heavy atom. The summed E-state index contributed by atoms with van der Waals surface area (Å²) < 4.78 is 10.4. The molecule has 1 aliphatic carbocycles. The number of amides is 2. The third kappa shape index (κ3) is 4.93. The van der Waals surface area contributed by atoms with E-state index in [2.05, 4.69) is 27.9 Å². The highest BCUT2D eigenvalue weighted by Crippen LogP contribution is 2.44. The van der Waals surface area contributed by atoms with Crippen LogP contribution in [0.3, 0.4) is 0 Å². The van der Waals surface area contributed by atoms with Gasteiger partial charge in [-0.15, -0.1) is 0 Å². The van der Waals surface area contributed by atoms with Gasteiger partial charge in [-0.25, -0.2) is 9.59 Å². The molecule has 0 radical (unpaired) electrons. The highest BCUT2D eigenvalue weighted by molar-refractivity contribution is 5.86. The van der Waals surface area contributed by atoms with Gasteiger partial charge in [-0.3, -0.25) is 4.79 Å². The minimum absolute atomic E-state index is 0.0499. The predicted octanol–water partition coefficient (Wildman–Crippen LogP) is 3.70. The number of aromatic carboxylic acids is 1. The first-order chi connectivity index (χ1) is 16.5. The molecular formula is C25H25N3O6. The van der Waals surface area contributed by atoms with E-state index in [0.717, 1.165) is 22.3 Å². The monoisotopic (exact) mass is 463 g/mol. The number of nitrogens with one attached hydrogen (secondary N) is 2. The zero-order valence-electron chi connectivity index (χ0n) is 18.6. The summed E-state index contributed by atoms with van der Waals surface area (Å²) >= 11 is 0. The molecule has 0 spiro atoms. The number of hydrogen-bond donors (Lipinski definition) is 3. The average Bonchev–Trinajstić information content (AvgIpc) is 3.44. The fourth-order valence-corrected chi connectivity index (χ4v) is 4.13. The summed E-state index contributed by atoms with van der Waals surface area (Å²) in [5, 5.41) is 17.6. The van der Waals surface area contributed by atoms with Crippen molar-refractivity contribution < 1.29 is 28.8 Å². The van der Waals surface area contributed by atoms with Gasteiger partial charge in [0.2, 0.25) is 5.91 Å². The van der Waals surface area contributed by atoms with Gasteiger partial charge in [0.1, 0.15) is 12.6 Å². The molecule has 0 bridgehead atoms. The number of nitrogens with zero attached hydrogens (tertiary/aromatic N) is 1. The molecule has 9 heteroatoms. The van der Waals surface area contributed by atoms with Crippen LogP contribution in [0.1, 0.15) is 53.1 Å². The third-order valence-corrected chi connectivity index (χ3v) is 5.74. The maximum atomic E-state index is 12.6. The van der Waals surface area contributed by atoms with Gasteiger partial charge in [0.25, 0.3) is 0 Å². The number of alkyl carbamates (subject to hydrolysis) is 1. The van der Waals surface area contributed by atoms with Gasteiger partial charge in [0, 0.05) is 12.0 Å². The number of carbonyl (C=O) groups excluding carboxylic acids is 2. The summed E-state index contributed by atoms with van der Waals surface area (Å²) in [4.78, 5) is 36.1. The first-order valence-corrected chi connectivity index (χ1v) is 11.1. The fraction of sp³-hybridized carbons (Fsp3) is 0.280. The van der Waals surface area contributed by atoms with Crippen molar-refractivity contribution in [1.82, 2.24) is 15.8 Å². The van der Waals surface area contributed by atoms with Crippen LogP contribution in [-0.4, -0.2) is 40.9 Å². The second-order valence-electron chi connectivity index (χ2n) is 8.01. The van der Waals surface area contributed by atoms with Gasteiger partial charge in [-0.05, 0) is 28.7 Å². The van der Waals surface area contributed by atoms with Crippen LogP contribution >= 0.6 is 0 Å². The Kier molecular flexibility index (Phi) is 6.91. The van der Waals surface area contributed by atoms with E-state index in [4.69, 9.17) is 14.4 Å². The first kappa shape index (κ1) is 23.0. The number of aromatic nitrogens is 1. The zero-order valence-corrected chi connectivity index (χ0v) is 18.6. The van der Waals surface area contributed by atoms with Crippen LogP contribution in [0.25, 0.3) is 11.1 Å². The maximum Gasteiger partial charge on any atom is 0.407 e. The van der Waals surface area contributed by atoms with Crippen molar-refractivity contribution in [3.05, 3.63) is 77.2 Å². The largest absolute Gasteiger partial charge is 0.476 e. The molecule has 9 nitrogen and oxygen atoms in total. The SMILES string of the molecule is CCC[C@H](NC(=O)OCC1c2ccccc2-c2ccccc21)C(=O)NCc1cc(C(=O)O)no1. The summed E-state index contributed by atoms with van der Waals surface area (Å²) in [6.07, 6.45) is 0.392. The van der Waals surface area contributed by atoms with Crippen LogP contribution in [0.15, 0.2) is 59.1 Å². The number of carboxylic acids is 1. The molecule has 0 saturated heterocycles. The van der Waals surface area contributed by atoms with Crippen LogP contribution in [0, 0.1) is 0 Å². The van der Waals surface area contributed by atoms with E-state index in [1.54, 1.807) is 0 Å². The summed E-state index contributed by atoms with van der Waals surface area (Å²) in [5.41, 5.74) is 4.23. The molecule has 3 aromatic rings. The van der Waals surface area contributed by atoms with E-state index in [1.807, 2.05) is 43.3 Å². The Morgan fingerprint density at radius 1 is 1.09 bits per heavy atom. The molecule has 1 aromatic heterocycles. The lowest BCUT2D eigenvalue weighted by Gasteiger charge is -2.19. The van der Waals surface area contributed by atoms with Crippen molar-refractivity contribution in [3.8, 4) is 11.1 Å². The second kappa shape index (κ2) is 10.2. The zero-order chi connectivity index (χ0) is 24.1. The van der Waals surface area contributed by atoms with E-state index in [0.29, 0.717) is 12.8 Å². The number of carboxylic acid groups (broad SMARTS) is 1. The quantitative estimate of drug-likeness (QED) is 0.441. The first-order valence-electron chi connectivity index (χ1n) is 11.1. The van der Waals surface area contributed by atoms with Crippen LogP contribution in [0.5, 0.6) is 0 Å². The molecule has 1 aliphatic rings. The Labute approximate surface area is 196 Å². The minimum atomic E-state index is -1.22. The molecule has 176 valence electrons. The average molecular weight is 463 g/mol. The molecule has 4 rings (SSSR count). The van der Waals surface area contributed by atoms with Crippen molar-refractivity contribution in [2.45, 2.75) is 38.3 Å². The van der Waals surface area contributed by atoms with Crippen molar-refractivity contribution in [2.24, 2.45) is 0 Å². The summed E-state index contributed by atoms with van der Waals surface area (Å²) in [6, 6.07) is 16.5. The fourth-order valence-electron chi connectivity index (χ4n) is 4.13. The number of benzene rings is 2. The molecule has 2 aromatic carbocycles. The lowest BCUT2D eigenvalue weighted by atomic mass is 9.98. The van der Waals surface area contributed by atoms with Gasteiger partial charge >= 0.3 is 12.1 Å². The van der Waals surface area contributed by atoms with E-state index in [1.165, 1.54) is 6.07 Å². The topological polar surface area (TPSA) is 131 Å². The Morgan fingerprint density at radius 2 is 1.74 bits per heavy atom. The normalized spacial score (nSPS) is 13.0. The minimum Gasteiger partial charge on any atom is -0.476 e. The lowest BCUT2D eigenvalue weighted by Crippen LogP contribution is -2.46. The van der Waals surface area contributed by atoms with Crippen LogP contribution in [-0.2, 0) is 16.1 Å². The Bertz CT molecular complexity index is 1160. The number of carbonyl (C=O) groups is 3.